The minimum absolute atomic E-state index is 0.885. The van der Waals surface area contributed by atoms with Gasteiger partial charge in [-0.15, -0.1) is 0 Å². The Labute approximate surface area is 84.3 Å². The molecule has 0 aliphatic heterocycles. The summed E-state index contributed by atoms with van der Waals surface area (Å²) in [4.78, 5) is 0. The molecule has 2 heteroatoms. The molecule has 0 aliphatic carbocycles. The third-order valence-corrected chi connectivity index (χ3v) is 2.81. The summed E-state index contributed by atoms with van der Waals surface area (Å²) in [5.41, 5.74) is 10.8. The zero-order valence-electron chi connectivity index (χ0n) is 8.96. The van der Waals surface area contributed by atoms with Crippen molar-refractivity contribution in [1.29, 1.82) is 0 Å². The second kappa shape index (κ2) is 3.05. The van der Waals surface area contributed by atoms with Gasteiger partial charge in [0, 0.05) is 24.3 Å². The van der Waals surface area contributed by atoms with Crippen LogP contribution < -0.4 is 5.73 Å². The van der Waals surface area contributed by atoms with E-state index in [-0.39, 0.29) is 0 Å². The Bertz CT molecular complexity index is 481. The fourth-order valence-corrected chi connectivity index (χ4v) is 2.17. The van der Waals surface area contributed by atoms with Crippen molar-refractivity contribution in [3.63, 3.8) is 0 Å². The van der Waals surface area contributed by atoms with Crippen molar-refractivity contribution in [1.82, 2.24) is 4.57 Å². The number of aryl methyl sites for hydroxylation is 3. The van der Waals surface area contributed by atoms with Crippen LogP contribution >= 0.6 is 0 Å². The van der Waals surface area contributed by atoms with Gasteiger partial charge in [-0.3, -0.25) is 0 Å². The van der Waals surface area contributed by atoms with Gasteiger partial charge in [-0.1, -0.05) is 13.0 Å². The number of nitrogens with two attached hydrogens (primary N) is 1. The molecule has 1 aromatic heterocycles. The van der Waals surface area contributed by atoms with E-state index in [1.54, 1.807) is 0 Å². The predicted octanol–water partition coefficient (Wildman–Crippen LogP) is 2.63. The number of hydrogen-bond donors (Lipinski definition) is 1. The average Bonchev–Trinajstić information content (AvgIpc) is 2.44. The predicted molar refractivity (Wildman–Crippen MR) is 61.4 cm³/mol. The normalized spacial score (nSPS) is 11.1. The Morgan fingerprint density at radius 1 is 1.36 bits per heavy atom. The van der Waals surface area contributed by atoms with Gasteiger partial charge in [0.25, 0.3) is 0 Å². The number of anilines is 1. The van der Waals surface area contributed by atoms with Crippen molar-refractivity contribution in [2.24, 2.45) is 7.05 Å². The molecule has 1 heterocycles. The van der Waals surface area contributed by atoms with E-state index >= 15 is 0 Å². The number of fused-ring (bicyclic) bond motifs is 1. The summed E-state index contributed by atoms with van der Waals surface area (Å²) in [5, 5.41) is 1.21. The van der Waals surface area contributed by atoms with Crippen molar-refractivity contribution < 1.29 is 0 Å². The second-order valence-electron chi connectivity index (χ2n) is 3.81. The van der Waals surface area contributed by atoms with Gasteiger partial charge in [0.15, 0.2) is 0 Å². The van der Waals surface area contributed by atoms with Crippen molar-refractivity contribution in [2.75, 3.05) is 5.73 Å². The number of aromatic nitrogens is 1. The molecule has 14 heavy (non-hydrogen) atoms. The minimum Gasteiger partial charge on any atom is -0.398 e. The molecule has 0 aliphatic rings. The monoisotopic (exact) mass is 188 g/mol. The Kier molecular flexibility index (Phi) is 1.99. The molecule has 0 atom stereocenters. The highest BCUT2D eigenvalue weighted by Crippen LogP contribution is 2.29. The number of rotatable bonds is 1. The van der Waals surface area contributed by atoms with Crippen LogP contribution in [0.3, 0.4) is 0 Å². The number of nitrogen functional groups attached to an aromatic ring is 1. The summed E-state index contributed by atoms with van der Waals surface area (Å²) in [6.07, 6.45) is 3.19. The summed E-state index contributed by atoms with van der Waals surface area (Å²) >= 11 is 0. The molecule has 0 unspecified atom stereocenters. The maximum Gasteiger partial charge on any atom is 0.0533 e. The van der Waals surface area contributed by atoms with Gasteiger partial charge in [-0.05, 0) is 30.5 Å². The molecule has 0 radical (unpaired) electrons. The van der Waals surface area contributed by atoms with Gasteiger partial charge in [0.05, 0.1) is 5.52 Å². The van der Waals surface area contributed by atoms with Crippen LogP contribution in [0.2, 0.25) is 0 Å². The molecule has 0 spiro atoms. The van der Waals surface area contributed by atoms with Gasteiger partial charge >= 0.3 is 0 Å². The molecule has 74 valence electrons. The first-order valence-corrected chi connectivity index (χ1v) is 4.98. The standard InChI is InChI=1S/C12H16N2/c1-4-9-5-6-10(13)11-8(2)7-14(3)12(9)11/h5-7H,4,13H2,1-3H3. The molecular weight excluding hydrogens is 172 g/mol. The highest BCUT2D eigenvalue weighted by molar-refractivity contribution is 5.96. The molecule has 2 aromatic rings. The Balaban J connectivity index is 2.94. The Hall–Kier alpha value is -1.44. The topological polar surface area (TPSA) is 30.9 Å². The Morgan fingerprint density at radius 2 is 2.07 bits per heavy atom. The summed E-state index contributed by atoms with van der Waals surface area (Å²) in [6.45, 7) is 4.28. The average molecular weight is 188 g/mol. The lowest BCUT2D eigenvalue weighted by Crippen LogP contribution is -1.93. The highest BCUT2D eigenvalue weighted by Gasteiger charge is 2.09. The quantitative estimate of drug-likeness (QED) is 0.685. The first-order chi connectivity index (χ1) is 6.65. The zero-order chi connectivity index (χ0) is 10.3. The number of nitrogens with zero attached hydrogens (tertiary/aromatic N) is 1. The van der Waals surface area contributed by atoms with E-state index < -0.39 is 0 Å². The van der Waals surface area contributed by atoms with E-state index in [9.17, 15) is 0 Å². The first-order valence-electron chi connectivity index (χ1n) is 4.98. The summed E-state index contributed by atoms with van der Waals surface area (Å²) in [7, 11) is 2.08. The molecule has 0 fully saturated rings. The second-order valence-corrected chi connectivity index (χ2v) is 3.81. The highest BCUT2D eigenvalue weighted by atomic mass is 14.9. The van der Waals surface area contributed by atoms with E-state index in [0.29, 0.717) is 0 Å². The molecule has 2 rings (SSSR count). The van der Waals surface area contributed by atoms with Crippen LogP contribution in [-0.4, -0.2) is 4.57 Å². The van der Waals surface area contributed by atoms with Crippen LogP contribution in [0.5, 0.6) is 0 Å². The van der Waals surface area contributed by atoms with Crippen LogP contribution in [0.1, 0.15) is 18.1 Å². The van der Waals surface area contributed by atoms with E-state index in [1.807, 2.05) is 6.07 Å². The molecule has 0 saturated carbocycles. The maximum absolute atomic E-state index is 5.98. The fourth-order valence-electron chi connectivity index (χ4n) is 2.17. The van der Waals surface area contributed by atoms with E-state index in [0.717, 1.165) is 12.1 Å². The van der Waals surface area contributed by atoms with Crippen molar-refractivity contribution in [2.45, 2.75) is 20.3 Å². The summed E-state index contributed by atoms with van der Waals surface area (Å²) in [5.74, 6) is 0. The van der Waals surface area contributed by atoms with E-state index in [2.05, 4.69) is 37.7 Å². The SMILES string of the molecule is CCc1ccc(N)c2c(C)cn(C)c12. The largest absolute Gasteiger partial charge is 0.398 e. The first kappa shape index (κ1) is 9.13. The van der Waals surface area contributed by atoms with Crippen LogP contribution in [0.25, 0.3) is 10.9 Å². The maximum atomic E-state index is 5.98. The lowest BCUT2D eigenvalue weighted by Gasteiger charge is -2.05. The molecule has 2 nitrogen and oxygen atoms in total. The smallest absolute Gasteiger partial charge is 0.0533 e. The molecule has 2 N–H and O–H groups in total. The third kappa shape index (κ3) is 1.10. The molecule has 1 aromatic carbocycles. The number of benzene rings is 1. The summed E-state index contributed by atoms with van der Waals surface area (Å²) in [6, 6.07) is 4.13. The summed E-state index contributed by atoms with van der Waals surface area (Å²) < 4.78 is 2.17. The molecule has 0 bridgehead atoms. The minimum atomic E-state index is 0.885. The third-order valence-electron chi connectivity index (χ3n) is 2.81. The van der Waals surface area contributed by atoms with Crippen molar-refractivity contribution >= 4 is 16.6 Å². The Morgan fingerprint density at radius 3 is 2.71 bits per heavy atom. The van der Waals surface area contributed by atoms with Crippen molar-refractivity contribution in [3.8, 4) is 0 Å². The fraction of sp³-hybridized carbons (Fsp3) is 0.333. The van der Waals surface area contributed by atoms with Gasteiger partial charge in [0.1, 0.15) is 0 Å². The lowest BCUT2D eigenvalue weighted by molar-refractivity contribution is 0.951. The van der Waals surface area contributed by atoms with Gasteiger partial charge in [0.2, 0.25) is 0 Å². The zero-order valence-corrected chi connectivity index (χ0v) is 8.96. The van der Waals surface area contributed by atoms with Crippen LogP contribution in [0.4, 0.5) is 5.69 Å². The lowest BCUT2D eigenvalue weighted by atomic mass is 10.1. The molecular formula is C12H16N2. The van der Waals surface area contributed by atoms with Crippen LogP contribution in [0, 0.1) is 6.92 Å². The van der Waals surface area contributed by atoms with Gasteiger partial charge in [-0.2, -0.15) is 0 Å². The van der Waals surface area contributed by atoms with Crippen LogP contribution in [0.15, 0.2) is 18.3 Å². The van der Waals surface area contributed by atoms with Crippen LogP contribution in [-0.2, 0) is 13.5 Å². The van der Waals surface area contributed by atoms with Gasteiger partial charge < -0.3 is 10.3 Å². The molecule has 0 amide bonds. The van der Waals surface area contributed by atoms with Gasteiger partial charge in [-0.25, -0.2) is 0 Å². The van der Waals surface area contributed by atoms with Crippen molar-refractivity contribution in [3.05, 3.63) is 29.5 Å². The van der Waals surface area contributed by atoms with E-state index in [4.69, 9.17) is 5.73 Å². The number of hydrogen-bond acceptors (Lipinski definition) is 1. The van der Waals surface area contributed by atoms with E-state index in [1.165, 1.54) is 22.0 Å². The molecule has 0 saturated heterocycles.